The molecule has 0 spiro atoms. The highest BCUT2D eigenvalue weighted by molar-refractivity contribution is 7.91. The number of nitrogens with zero attached hydrogens (tertiary/aromatic N) is 2. The van der Waals surface area contributed by atoms with Crippen molar-refractivity contribution in [3.63, 3.8) is 0 Å². The Morgan fingerprint density at radius 1 is 1.19 bits per heavy atom. The molecule has 144 valence electrons. The van der Waals surface area contributed by atoms with Crippen molar-refractivity contribution in [3.8, 4) is 0 Å². The number of nitrogens with one attached hydrogen (secondary N) is 1. The number of amides is 1. The van der Waals surface area contributed by atoms with Crippen LogP contribution in [-0.4, -0.2) is 51.4 Å². The summed E-state index contributed by atoms with van der Waals surface area (Å²) in [6, 6.07) is 10.0. The van der Waals surface area contributed by atoms with E-state index in [1.165, 1.54) is 12.1 Å². The SMILES string of the molecule is CCS(=O)(=O)c1ccccc1C(=O)NCc1cccnc1N1CCOCC1. The summed E-state index contributed by atoms with van der Waals surface area (Å²) in [4.78, 5) is 19.3. The summed E-state index contributed by atoms with van der Waals surface area (Å²) in [6.07, 6.45) is 1.72. The number of carbonyl (C=O) groups is 1. The van der Waals surface area contributed by atoms with Gasteiger partial charge < -0.3 is 15.0 Å². The minimum atomic E-state index is -3.48. The van der Waals surface area contributed by atoms with Crippen LogP contribution in [0.3, 0.4) is 0 Å². The van der Waals surface area contributed by atoms with E-state index in [1.807, 2.05) is 12.1 Å². The van der Waals surface area contributed by atoms with Crippen molar-refractivity contribution >= 4 is 21.6 Å². The molecule has 1 aromatic carbocycles. The highest BCUT2D eigenvalue weighted by atomic mass is 32.2. The second kappa shape index (κ2) is 8.49. The largest absolute Gasteiger partial charge is 0.378 e. The van der Waals surface area contributed by atoms with Gasteiger partial charge in [0, 0.05) is 31.4 Å². The summed E-state index contributed by atoms with van der Waals surface area (Å²) < 4.78 is 29.9. The molecule has 1 aliphatic heterocycles. The van der Waals surface area contributed by atoms with Gasteiger partial charge in [-0.3, -0.25) is 4.79 Å². The average molecular weight is 389 g/mol. The van der Waals surface area contributed by atoms with Crippen LogP contribution in [0.1, 0.15) is 22.8 Å². The second-order valence-corrected chi connectivity index (χ2v) is 8.41. The lowest BCUT2D eigenvalue weighted by atomic mass is 10.2. The smallest absolute Gasteiger partial charge is 0.252 e. The first-order valence-electron chi connectivity index (χ1n) is 8.89. The fourth-order valence-corrected chi connectivity index (χ4v) is 4.07. The van der Waals surface area contributed by atoms with Crippen LogP contribution < -0.4 is 10.2 Å². The summed E-state index contributed by atoms with van der Waals surface area (Å²) in [6.45, 7) is 4.61. The van der Waals surface area contributed by atoms with Gasteiger partial charge in [-0.1, -0.05) is 25.1 Å². The number of hydrogen-bond donors (Lipinski definition) is 1. The molecule has 1 amide bonds. The first kappa shape index (κ1) is 19.3. The zero-order valence-electron chi connectivity index (χ0n) is 15.2. The molecular weight excluding hydrogens is 366 g/mol. The Bertz CT molecular complexity index is 909. The molecule has 3 rings (SSSR count). The van der Waals surface area contributed by atoms with Crippen molar-refractivity contribution in [1.82, 2.24) is 10.3 Å². The molecule has 1 saturated heterocycles. The number of aromatic nitrogens is 1. The first-order chi connectivity index (χ1) is 13.0. The predicted octanol–water partition coefficient (Wildman–Crippen LogP) is 1.64. The quantitative estimate of drug-likeness (QED) is 0.808. The van der Waals surface area contributed by atoms with E-state index in [4.69, 9.17) is 4.74 Å². The number of anilines is 1. The summed E-state index contributed by atoms with van der Waals surface area (Å²) in [7, 11) is -3.48. The maximum atomic E-state index is 12.7. The summed E-state index contributed by atoms with van der Waals surface area (Å²) in [5, 5.41) is 2.83. The predicted molar refractivity (Wildman–Crippen MR) is 103 cm³/mol. The number of carbonyl (C=O) groups excluding carboxylic acids is 1. The van der Waals surface area contributed by atoms with Crippen molar-refractivity contribution in [3.05, 3.63) is 53.7 Å². The Hall–Kier alpha value is -2.45. The minimum absolute atomic E-state index is 0.0545. The third-order valence-electron chi connectivity index (χ3n) is 4.46. The van der Waals surface area contributed by atoms with Crippen molar-refractivity contribution in [2.45, 2.75) is 18.4 Å². The molecule has 1 N–H and O–H groups in total. The third kappa shape index (κ3) is 4.45. The van der Waals surface area contributed by atoms with Crippen molar-refractivity contribution in [2.75, 3.05) is 37.0 Å². The van der Waals surface area contributed by atoms with Gasteiger partial charge in [0.2, 0.25) is 0 Å². The minimum Gasteiger partial charge on any atom is -0.378 e. The Morgan fingerprint density at radius 3 is 2.67 bits per heavy atom. The molecule has 0 aliphatic carbocycles. The molecule has 0 bridgehead atoms. The Morgan fingerprint density at radius 2 is 1.93 bits per heavy atom. The lowest BCUT2D eigenvalue weighted by Crippen LogP contribution is -2.38. The molecule has 8 heteroatoms. The molecule has 0 unspecified atom stereocenters. The zero-order chi connectivity index (χ0) is 19.3. The second-order valence-electron chi connectivity index (χ2n) is 6.17. The van der Waals surface area contributed by atoms with Crippen LogP contribution in [0, 0.1) is 0 Å². The first-order valence-corrected chi connectivity index (χ1v) is 10.5. The maximum absolute atomic E-state index is 12.7. The van der Waals surface area contributed by atoms with Crippen molar-refractivity contribution in [1.29, 1.82) is 0 Å². The van der Waals surface area contributed by atoms with Crippen LogP contribution >= 0.6 is 0 Å². The number of morpholine rings is 1. The van der Waals surface area contributed by atoms with E-state index in [9.17, 15) is 13.2 Å². The van der Waals surface area contributed by atoms with Gasteiger partial charge >= 0.3 is 0 Å². The van der Waals surface area contributed by atoms with Gasteiger partial charge in [0.1, 0.15) is 5.82 Å². The fourth-order valence-electron chi connectivity index (χ4n) is 2.98. The van der Waals surface area contributed by atoms with Crippen LogP contribution in [0.5, 0.6) is 0 Å². The number of rotatable bonds is 6. The molecule has 0 atom stereocenters. The number of hydrogen-bond acceptors (Lipinski definition) is 6. The molecule has 2 heterocycles. The lowest BCUT2D eigenvalue weighted by molar-refractivity contribution is 0.0947. The number of benzene rings is 1. The molecule has 2 aromatic rings. The third-order valence-corrected chi connectivity index (χ3v) is 6.25. The highest BCUT2D eigenvalue weighted by Crippen LogP contribution is 2.20. The lowest BCUT2D eigenvalue weighted by Gasteiger charge is -2.29. The summed E-state index contributed by atoms with van der Waals surface area (Å²) >= 11 is 0. The van der Waals surface area contributed by atoms with E-state index < -0.39 is 15.7 Å². The van der Waals surface area contributed by atoms with Gasteiger partial charge in [-0.25, -0.2) is 13.4 Å². The van der Waals surface area contributed by atoms with Crippen molar-refractivity contribution < 1.29 is 17.9 Å². The molecule has 1 fully saturated rings. The Balaban J connectivity index is 1.78. The van der Waals surface area contributed by atoms with E-state index in [2.05, 4.69) is 15.2 Å². The van der Waals surface area contributed by atoms with Gasteiger partial charge in [0.05, 0.1) is 29.4 Å². The van der Waals surface area contributed by atoms with E-state index >= 15 is 0 Å². The van der Waals surface area contributed by atoms with Gasteiger partial charge in [0.25, 0.3) is 5.91 Å². The molecule has 27 heavy (non-hydrogen) atoms. The zero-order valence-corrected chi connectivity index (χ0v) is 16.0. The van der Waals surface area contributed by atoms with Gasteiger partial charge in [-0.15, -0.1) is 0 Å². The van der Waals surface area contributed by atoms with Crippen molar-refractivity contribution in [2.24, 2.45) is 0 Å². The highest BCUT2D eigenvalue weighted by Gasteiger charge is 2.21. The number of sulfone groups is 1. The monoisotopic (exact) mass is 389 g/mol. The van der Waals surface area contributed by atoms with E-state index in [0.717, 1.165) is 24.5 Å². The fraction of sp³-hybridized carbons (Fsp3) is 0.368. The van der Waals surface area contributed by atoms with Crippen LogP contribution in [0.25, 0.3) is 0 Å². The van der Waals surface area contributed by atoms with Crippen LogP contribution in [-0.2, 0) is 21.1 Å². The van der Waals surface area contributed by atoms with E-state index in [0.29, 0.717) is 13.2 Å². The van der Waals surface area contributed by atoms with Crippen LogP contribution in [0.2, 0.25) is 0 Å². The number of pyridine rings is 1. The van der Waals surface area contributed by atoms with Crippen LogP contribution in [0.4, 0.5) is 5.82 Å². The van der Waals surface area contributed by atoms with E-state index in [-0.39, 0.29) is 22.8 Å². The van der Waals surface area contributed by atoms with E-state index in [1.54, 1.807) is 25.3 Å². The van der Waals surface area contributed by atoms with Crippen LogP contribution in [0.15, 0.2) is 47.5 Å². The summed E-state index contributed by atoms with van der Waals surface area (Å²) in [5.41, 5.74) is 1.04. The molecule has 0 saturated carbocycles. The Kier molecular flexibility index (Phi) is 6.08. The molecule has 7 nitrogen and oxygen atoms in total. The Labute approximate surface area is 159 Å². The standard InChI is InChI=1S/C19H23N3O4S/c1-2-27(24,25)17-8-4-3-7-16(17)19(23)21-14-15-6-5-9-20-18(15)22-10-12-26-13-11-22/h3-9H,2,10-14H2,1H3,(H,21,23). The molecule has 1 aliphatic rings. The van der Waals surface area contributed by atoms with Gasteiger partial charge in [-0.05, 0) is 18.2 Å². The number of ether oxygens (including phenoxy) is 1. The molecule has 0 radical (unpaired) electrons. The normalized spacial score (nSPS) is 14.8. The maximum Gasteiger partial charge on any atom is 0.252 e. The summed E-state index contributed by atoms with van der Waals surface area (Å²) in [5.74, 6) is 0.344. The molecular formula is C19H23N3O4S. The van der Waals surface area contributed by atoms with Gasteiger partial charge in [0.15, 0.2) is 9.84 Å². The average Bonchev–Trinajstić information content (AvgIpc) is 2.73. The topological polar surface area (TPSA) is 88.6 Å². The van der Waals surface area contributed by atoms with Gasteiger partial charge in [-0.2, -0.15) is 0 Å². The molecule has 1 aromatic heterocycles.